The van der Waals surface area contributed by atoms with E-state index < -0.39 is 0 Å². The van der Waals surface area contributed by atoms with Crippen LogP contribution in [0.5, 0.6) is 5.75 Å². The van der Waals surface area contributed by atoms with Crippen molar-refractivity contribution in [2.75, 3.05) is 19.6 Å². The van der Waals surface area contributed by atoms with Crippen LogP contribution in [-0.4, -0.2) is 34.1 Å². The van der Waals surface area contributed by atoms with E-state index in [9.17, 15) is 0 Å². The number of halogens is 1. The third kappa shape index (κ3) is 4.93. The molecule has 0 aliphatic carbocycles. The monoisotopic (exact) mass is 411 g/mol. The van der Waals surface area contributed by atoms with Gasteiger partial charge in [0.1, 0.15) is 18.2 Å². The lowest BCUT2D eigenvalue weighted by atomic mass is 10.1. The Hall–Kier alpha value is -2.04. The zero-order valence-electron chi connectivity index (χ0n) is 17.5. The van der Waals surface area contributed by atoms with Crippen LogP contribution in [0.15, 0.2) is 36.4 Å². The molecule has 0 spiro atoms. The van der Waals surface area contributed by atoms with Crippen LogP contribution in [0.25, 0.3) is 11.0 Å². The lowest BCUT2D eigenvalue weighted by molar-refractivity contribution is 0.222. The smallest absolute Gasteiger partial charge is 0.147 e. The van der Waals surface area contributed by atoms with Crippen LogP contribution in [0.1, 0.15) is 42.6 Å². The molecule has 4 rings (SSSR count). The van der Waals surface area contributed by atoms with Gasteiger partial charge in [-0.3, -0.25) is 0 Å². The Morgan fingerprint density at radius 3 is 2.45 bits per heavy atom. The highest BCUT2D eigenvalue weighted by molar-refractivity contribution is 6.30. The second-order valence-corrected chi connectivity index (χ2v) is 8.54. The summed E-state index contributed by atoms with van der Waals surface area (Å²) >= 11 is 5.98. The average molecular weight is 412 g/mol. The average Bonchev–Trinajstić information content (AvgIpc) is 3.05. The summed E-state index contributed by atoms with van der Waals surface area (Å²) in [5.41, 5.74) is 4.85. The van der Waals surface area contributed by atoms with E-state index in [2.05, 4.69) is 35.4 Å². The fourth-order valence-corrected chi connectivity index (χ4v) is 4.23. The van der Waals surface area contributed by atoms with E-state index in [0.29, 0.717) is 11.6 Å². The molecule has 0 saturated carbocycles. The molecule has 1 fully saturated rings. The van der Waals surface area contributed by atoms with Crippen molar-refractivity contribution < 1.29 is 4.74 Å². The van der Waals surface area contributed by atoms with Gasteiger partial charge in [-0.25, -0.2) is 4.98 Å². The Balaban J connectivity index is 1.52. The van der Waals surface area contributed by atoms with Crippen LogP contribution in [0.2, 0.25) is 5.02 Å². The first kappa shape index (κ1) is 20.2. The van der Waals surface area contributed by atoms with E-state index in [0.717, 1.165) is 36.6 Å². The molecule has 4 nitrogen and oxygen atoms in total. The van der Waals surface area contributed by atoms with E-state index in [1.807, 2.05) is 24.3 Å². The van der Waals surface area contributed by atoms with Crippen molar-refractivity contribution in [1.82, 2.24) is 14.5 Å². The number of rotatable bonds is 7. The van der Waals surface area contributed by atoms with Crippen molar-refractivity contribution in [3.8, 4) is 5.75 Å². The summed E-state index contributed by atoms with van der Waals surface area (Å²) in [4.78, 5) is 7.51. The SMILES string of the molecule is Cc1cc2nc(COc3ccc(Cl)cc3)n(CCCN3CCCCC3)c2cc1C. The summed E-state index contributed by atoms with van der Waals surface area (Å²) in [5, 5.41) is 0.716. The lowest BCUT2D eigenvalue weighted by Crippen LogP contribution is -2.31. The molecule has 1 aliphatic heterocycles. The van der Waals surface area contributed by atoms with Crippen molar-refractivity contribution in [2.24, 2.45) is 0 Å². The Bertz CT molecular complexity index is 958. The first-order valence-corrected chi connectivity index (χ1v) is 11.0. The van der Waals surface area contributed by atoms with Crippen molar-refractivity contribution in [1.29, 1.82) is 0 Å². The number of imidazole rings is 1. The van der Waals surface area contributed by atoms with Crippen molar-refractivity contribution >= 4 is 22.6 Å². The highest BCUT2D eigenvalue weighted by atomic mass is 35.5. The second kappa shape index (κ2) is 9.19. The Kier molecular flexibility index (Phi) is 6.41. The molecule has 0 N–H and O–H groups in total. The minimum Gasteiger partial charge on any atom is -0.486 e. The van der Waals surface area contributed by atoms with Crippen LogP contribution in [-0.2, 0) is 13.2 Å². The maximum Gasteiger partial charge on any atom is 0.147 e. The number of piperidine rings is 1. The van der Waals surface area contributed by atoms with Crippen molar-refractivity contribution in [3.05, 3.63) is 58.4 Å². The number of hydrogen-bond acceptors (Lipinski definition) is 3. The molecule has 0 atom stereocenters. The normalized spacial score (nSPS) is 15.1. The van der Waals surface area contributed by atoms with Crippen molar-refractivity contribution in [2.45, 2.75) is 52.7 Å². The number of benzene rings is 2. The van der Waals surface area contributed by atoms with E-state index >= 15 is 0 Å². The van der Waals surface area contributed by atoms with Gasteiger partial charge in [0, 0.05) is 11.6 Å². The van der Waals surface area contributed by atoms with Gasteiger partial charge < -0.3 is 14.2 Å². The summed E-state index contributed by atoms with van der Waals surface area (Å²) in [7, 11) is 0. The van der Waals surface area contributed by atoms with Gasteiger partial charge in [-0.2, -0.15) is 0 Å². The topological polar surface area (TPSA) is 30.3 Å². The standard InChI is InChI=1S/C24H30ClN3O/c1-18-15-22-23(16-19(18)2)28(14-6-13-27-11-4-3-5-12-27)24(26-22)17-29-21-9-7-20(25)8-10-21/h7-10,15-16H,3-6,11-14,17H2,1-2H3. The lowest BCUT2D eigenvalue weighted by Gasteiger charge is -2.26. The van der Waals surface area contributed by atoms with Gasteiger partial charge in [-0.1, -0.05) is 18.0 Å². The molecule has 3 aromatic rings. The zero-order chi connectivity index (χ0) is 20.2. The molecule has 2 aromatic carbocycles. The number of fused-ring (bicyclic) bond motifs is 1. The Morgan fingerprint density at radius 1 is 0.966 bits per heavy atom. The number of ether oxygens (including phenoxy) is 1. The fraction of sp³-hybridized carbons (Fsp3) is 0.458. The summed E-state index contributed by atoms with van der Waals surface area (Å²) in [6.45, 7) is 9.39. The molecule has 0 bridgehead atoms. The minimum atomic E-state index is 0.456. The van der Waals surface area contributed by atoms with E-state index in [4.69, 9.17) is 21.3 Å². The van der Waals surface area contributed by atoms with Crippen molar-refractivity contribution in [3.63, 3.8) is 0 Å². The quantitative estimate of drug-likeness (QED) is 0.495. The molecule has 0 unspecified atom stereocenters. The summed E-state index contributed by atoms with van der Waals surface area (Å²) in [6, 6.07) is 12.0. The molecule has 0 radical (unpaired) electrons. The first-order chi connectivity index (χ1) is 14.1. The molecule has 2 heterocycles. The van der Waals surface area contributed by atoms with Gasteiger partial charge in [0.25, 0.3) is 0 Å². The molecule has 1 saturated heterocycles. The van der Waals surface area contributed by atoms with Gasteiger partial charge in [0.2, 0.25) is 0 Å². The molecule has 154 valence electrons. The maximum atomic E-state index is 6.02. The predicted octanol–water partition coefficient (Wildman–Crippen LogP) is 5.76. The summed E-state index contributed by atoms with van der Waals surface area (Å²) in [5.74, 6) is 1.80. The number of aromatic nitrogens is 2. The van der Waals surface area contributed by atoms with Crippen LogP contribution in [0.3, 0.4) is 0 Å². The third-order valence-electron chi connectivity index (χ3n) is 5.93. The van der Waals surface area contributed by atoms with Gasteiger partial charge in [0.15, 0.2) is 0 Å². The van der Waals surface area contributed by atoms with Crippen LogP contribution < -0.4 is 4.74 Å². The number of likely N-dealkylation sites (tertiary alicyclic amines) is 1. The Labute approximate surface area is 178 Å². The van der Waals surface area contributed by atoms with E-state index in [1.54, 1.807) is 0 Å². The zero-order valence-corrected chi connectivity index (χ0v) is 18.2. The molecular formula is C24H30ClN3O. The highest BCUT2D eigenvalue weighted by Gasteiger charge is 2.14. The molecular weight excluding hydrogens is 382 g/mol. The molecule has 1 aliphatic rings. The third-order valence-corrected chi connectivity index (χ3v) is 6.18. The first-order valence-electron chi connectivity index (χ1n) is 10.7. The van der Waals surface area contributed by atoms with Crippen LogP contribution in [0.4, 0.5) is 0 Å². The van der Waals surface area contributed by atoms with Gasteiger partial charge in [-0.05, 0) is 100 Å². The van der Waals surface area contributed by atoms with Crippen LogP contribution >= 0.6 is 11.6 Å². The molecule has 1 aromatic heterocycles. The largest absolute Gasteiger partial charge is 0.486 e. The molecule has 29 heavy (non-hydrogen) atoms. The highest BCUT2D eigenvalue weighted by Crippen LogP contribution is 2.23. The number of aryl methyl sites for hydroxylation is 3. The van der Waals surface area contributed by atoms with Gasteiger partial charge in [0.05, 0.1) is 11.0 Å². The maximum absolute atomic E-state index is 6.02. The molecule has 0 amide bonds. The summed E-state index contributed by atoms with van der Waals surface area (Å²) in [6.07, 6.45) is 5.19. The van der Waals surface area contributed by atoms with Gasteiger partial charge >= 0.3 is 0 Å². The molecule has 5 heteroatoms. The van der Waals surface area contributed by atoms with E-state index in [1.165, 1.54) is 49.0 Å². The van der Waals surface area contributed by atoms with E-state index in [-0.39, 0.29) is 0 Å². The Morgan fingerprint density at radius 2 is 1.69 bits per heavy atom. The summed E-state index contributed by atoms with van der Waals surface area (Å²) < 4.78 is 8.37. The van der Waals surface area contributed by atoms with Crippen LogP contribution in [0, 0.1) is 13.8 Å². The number of nitrogens with zero attached hydrogens (tertiary/aromatic N) is 3. The second-order valence-electron chi connectivity index (χ2n) is 8.10. The minimum absolute atomic E-state index is 0.456. The van der Waals surface area contributed by atoms with Gasteiger partial charge in [-0.15, -0.1) is 0 Å². The predicted molar refractivity (Wildman–Crippen MR) is 120 cm³/mol. The number of hydrogen-bond donors (Lipinski definition) is 0. The fourth-order valence-electron chi connectivity index (χ4n) is 4.10.